The summed E-state index contributed by atoms with van der Waals surface area (Å²) >= 11 is 0. The van der Waals surface area contributed by atoms with Crippen molar-refractivity contribution >= 4 is 29.0 Å². The fourth-order valence-corrected chi connectivity index (χ4v) is 2.66. The lowest BCUT2D eigenvalue weighted by molar-refractivity contribution is -0.116. The number of aryl methyl sites for hydroxylation is 1. The number of carbonyl (C=O) groups is 1. The zero-order chi connectivity index (χ0) is 19.1. The van der Waals surface area contributed by atoms with Crippen LogP contribution in [-0.4, -0.2) is 15.9 Å². The van der Waals surface area contributed by atoms with Gasteiger partial charge in [-0.15, -0.1) is 0 Å². The predicted octanol–water partition coefficient (Wildman–Crippen LogP) is 3.91. The number of nitrogens with zero attached hydrogens (tertiary/aromatic N) is 3. The number of hydrogen-bond acceptors (Lipinski definition) is 5. The van der Waals surface area contributed by atoms with Crippen LogP contribution >= 0.6 is 0 Å². The van der Waals surface area contributed by atoms with E-state index in [1.807, 2.05) is 54.6 Å². The fourth-order valence-electron chi connectivity index (χ4n) is 2.66. The lowest BCUT2D eigenvalue weighted by Crippen LogP contribution is -2.13. The third kappa shape index (κ3) is 4.92. The molecule has 3 rings (SSSR count). The third-order valence-corrected chi connectivity index (χ3v) is 4.00. The topological polar surface area (TPSA) is 84.1 Å². The summed E-state index contributed by atoms with van der Waals surface area (Å²) in [4.78, 5) is 22.0. The van der Waals surface area contributed by atoms with Crippen LogP contribution in [0.2, 0.25) is 0 Å². The van der Waals surface area contributed by atoms with E-state index >= 15 is 0 Å². The number of benzene rings is 2. The van der Waals surface area contributed by atoms with Crippen LogP contribution in [0.15, 0.2) is 79.6 Å². The van der Waals surface area contributed by atoms with Crippen LogP contribution in [0.25, 0.3) is 0 Å². The van der Waals surface area contributed by atoms with Gasteiger partial charge in [0.05, 0.1) is 0 Å². The molecule has 0 atom stereocenters. The summed E-state index contributed by atoms with van der Waals surface area (Å²) in [5.41, 5.74) is 8.39. The van der Waals surface area contributed by atoms with Crippen molar-refractivity contribution in [1.29, 1.82) is 0 Å². The molecule has 0 radical (unpaired) electrons. The highest BCUT2D eigenvalue weighted by Crippen LogP contribution is 2.25. The molecule has 1 amide bonds. The summed E-state index contributed by atoms with van der Waals surface area (Å²) in [6.07, 6.45) is 4.39. The van der Waals surface area contributed by atoms with Crippen LogP contribution in [0.3, 0.4) is 0 Å². The lowest BCUT2D eigenvalue weighted by atomic mass is 10.1. The highest BCUT2D eigenvalue weighted by molar-refractivity contribution is 5.91. The minimum atomic E-state index is -0.0178. The van der Waals surface area contributed by atoms with Crippen molar-refractivity contribution in [1.82, 2.24) is 9.97 Å². The molecule has 1 aromatic heterocycles. The van der Waals surface area contributed by atoms with Crippen molar-refractivity contribution in [2.24, 2.45) is 0 Å². The average Bonchev–Trinajstić information content (AvgIpc) is 2.69. The normalized spacial score (nSPS) is 10.2. The van der Waals surface area contributed by atoms with Crippen LogP contribution in [0.5, 0.6) is 0 Å². The van der Waals surface area contributed by atoms with Crippen LogP contribution in [0, 0.1) is 0 Å². The maximum Gasteiger partial charge on any atom is 0.224 e. The highest BCUT2D eigenvalue weighted by Gasteiger charge is 2.09. The highest BCUT2D eigenvalue weighted by atomic mass is 16.1. The first-order valence-corrected chi connectivity index (χ1v) is 8.60. The Morgan fingerprint density at radius 3 is 2.52 bits per heavy atom. The number of rotatable bonds is 7. The molecule has 0 bridgehead atoms. The van der Waals surface area contributed by atoms with E-state index < -0.39 is 0 Å². The minimum absolute atomic E-state index is 0.0178. The molecule has 0 fully saturated rings. The molecule has 0 aliphatic heterocycles. The van der Waals surface area contributed by atoms with Gasteiger partial charge >= 0.3 is 0 Å². The molecule has 0 aliphatic rings. The number of nitrogens with one attached hydrogen (secondary N) is 1. The second kappa shape index (κ2) is 8.62. The van der Waals surface area contributed by atoms with Gasteiger partial charge in [-0.2, -0.15) is 4.98 Å². The number of carbonyl (C=O) groups excluding carboxylic acids is 1. The van der Waals surface area contributed by atoms with E-state index in [0.29, 0.717) is 18.7 Å². The number of nitrogens with two attached hydrogens (primary N) is 1. The maximum absolute atomic E-state index is 12.2. The summed E-state index contributed by atoms with van der Waals surface area (Å²) in [5.74, 6) is 0.801. The van der Waals surface area contributed by atoms with E-state index in [2.05, 4.69) is 21.9 Å². The predicted molar refractivity (Wildman–Crippen MR) is 109 cm³/mol. The molecule has 3 N–H and O–H groups in total. The van der Waals surface area contributed by atoms with Crippen LogP contribution in [-0.2, 0) is 11.2 Å². The molecule has 0 spiro atoms. The second-order valence-electron chi connectivity index (χ2n) is 5.91. The maximum atomic E-state index is 12.2. The van der Waals surface area contributed by atoms with Crippen LogP contribution in [0.1, 0.15) is 12.0 Å². The van der Waals surface area contributed by atoms with E-state index in [9.17, 15) is 4.79 Å². The summed E-state index contributed by atoms with van der Waals surface area (Å²) in [7, 11) is 0. The Kier molecular flexibility index (Phi) is 5.79. The molecule has 0 saturated heterocycles. The Morgan fingerprint density at radius 1 is 1.11 bits per heavy atom. The molecular formula is C21H21N5O. The van der Waals surface area contributed by atoms with Gasteiger partial charge in [0.15, 0.2) is 0 Å². The van der Waals surface area contributed by atoms with E-state index in [1.165, 1.54) is 0 Å². The Hall–Kier alpha value is -3.67. The van der Waals surface area contributed by atoms with E-state index in [4.69, 9.17) is 5.73 Å². The van der Waals surface area contributed by atoms with E-state index in [-0.39, 0.29) is 11.9 Å². The molecular weight excluding hydrogens is 338 g/mol. The zero-order valence-corrected chi connectivity index (χ0v) is 14.9. The van der Waals surface area contributed by atoms with E-state index in [1.54, 1.807) is 23.4 Å². The summed E-state index contributed by atoms with van der Waals surface area (Å²) in [6.45, 7) is 3.82. The van der Waals surface area contributed by atoms with Gasteiger partial charge < -0.3 is 16.0 Å². The number of aromatic nitrogens is 2. The first kappa shape index (κ1) is 18.1. The molecule has 0 unspecified atom stereocenters. The summed E-state index contributed by atoms with van der Waals surface area (Å²) in [6, 6.07) is 19.2. The van der Waals surface area contributed by atoms with Gasteiger partial charge in [0.2, 0.25) is 11.9 Å². The summed E-state index contributed by atoms with van der Waals surface area (Å²) < 4.78 is 0. The van der Waals surface area contributed by atoms with Gasteiger partial charge in [0.1, 0.15) is 5.82 Å². The minimum Gasteiger partial charge on any atom is -0.368 e. The largest absolute Gasteiger partial charge is 0.368 e. The first-order valence-electron chi connectivity index (χ1n) is 8.60. The standard InChI is InChI=1S/C21H21N5O/c1-2-26(19-14-15-23-21(22)25-19)18-11-9-17(10-12-18)24-20(27)13-8-16-6-4-3-5-7-16/h2-7,9-12,14-15H,1,8,13H2,(H,24,27)(H2,22,23,25). The fraction of sp³-hybridized carbons (Fsp3) is 0.0952. The third-order valence-electron chi connectivity index (χ3n) is 4.00. The molecule has 2 aromatic carbocycles. The second-order valence-corrected chi connectivity index (χ2v) is 5.91. The monoisotopic (exact) mass is 359 g/mol. The average molecular weight is 359 g/mol. The van der Waals surface area contributed by atoms with Gasteiger partial charge in [-0.25, -0.2) is 4.98 Å². The Bertz CT molecular complexity index is 909. The van der Waals surface area contributed by atoms with Crippen molar-refractivity contribution in [2.75, 3.05) is 16.0 Å². The smallest absolute Gasteiger partial charge is 0.224 e. The molecule has 3 aromatic rings. The van der Waals surface area contributed by atoms with Crippen molar-refractivity contribution in [3.63, 3.8) is 0 Å². The molecule has 1 heterocycles. The molecule has 6 heteroatoms. The quantitative estimate of drug-likeness (QED) is 0.668. The first-order chi connectivity index (χ1) is 13.2. The number of nitrogen functional groups attached to an aromatic ring is 1. The van der Waals surface area contributed by atoms with Gasteiger partial charge in [-0.05, 0) is 42.3 Å². The van der Waals surface area contributed by atoms with Crippen molar-refractivity contribution in [3.05, 3.63) is 85.2 Å². The lowest BCUT2D eigenvalue weighted by Gasteiger charge is -2.19. The Balaban J connectivity index is 1.62. The zero-order valence-electron chi connectivity index (χ0n) is 14.9. The van der Waals surface area contributed by atoms with Crippen molar-refractivity contribution in [3.8, 4) is 0 Å². The van der Waals surface area contributed by atoms with Crippen molar-refractivity contribution in [2.45, 2.75) is 12.8 Å². The molecule has 0 saturated carbocycles. The number of amides is 1. The Labute approximate surface area is 158 Å². The van der Waals surface area contributed by atoms with Gasteiger partial charge in [-0.1, -0.05) is 36.9 Å². The van der Waals surface area contributed by atoms with Crippen molar-refractivity contribution < 1.29 is 4.79 Å². The van der Waals surface area contributed by atoms with Gasteiger partial charge in [0.25, 0.3) is 0 Å². The summed E-state index contributed by atoms with van der Waals surface area (Å²) in [5, 5.41) is 2.92. The number of anilines is 4. The van der Waals surface area contributed by atoms with Gasteiger partial charge in [-0.3, -0.25) is 4.79 Å². The van der Waals surface area contributed by atoms with Crippen LogP contribution < -0.4 is 16.0 Å². The molecule has 136 valence electrons. The van der Waals surface area contributed by atoms with E-state index in [0.717, 1.165) is 16.9 Å². The molecule has 0 aliphatic carbocycles. The number of hydrogen-bond donors (Lipinski definition) is 2. The SMILES string of the molecule is C=CN(c1ccc(NC(=O)CCc2ccccc2)cc1)c1ccnc(N)n1. The van der Waals surface area contributed by atoms with Gasteiger partial charge in [0, 0.05) is 30.2 Å². The molecule has 6 nitrogen and oxygen atoms in total. The Morgan fingerprint density at radius 2 is 1.85 bits per heavy atom. The van der Waals surface area contributed by atoms with Crippen LogP contribution in [0.4, 0.5) is 23.1 Å². The molecule has 27 heavy (non-hydrogen) atoms.